The number of carbonyl (C=O) groups excluding carboxylic acids is 1. The summed E-state index contributed by atoms with van der Waals surface area (Å²) in [5.74, 6) is -0.248. The van der Waals surface area contributed by atoms with Crippen LogP contribution in [0.25, 0.3) is 0 Å². The van der Waals surface area contributed by atoms with E-state index in [0.717, 1.165) is 31.6 Å². The summed E-state index contributed by atoms with van der Waals surface area (Å²) in [5.41, 5.74) is -0.461. The predicted octanol–water partition coefficient (Wildman–Crippen LogP) is 2.14. The number of nitrogens with one attached hydrogen (secondary N) is 1. The van der Waals surface area contributed by atoms with Crippen molar-refractivity contribution < 1.29 is 18.0 Å². The largest absolute Gasteiger partial charge is 0.416 e. The topological polar surface area (TPSA) is 32.3 Å². The van der Waals surface area contributed by atoms with Gasteiger partial charge in [-0.1, -0.05) is 0 Å². The summed E-state index contributed by atoms with van der Waals surface area (Å²) < 4.78 is 37.3. The highest BCUT2D eigenvalue weighted by Gasteiger charge is 2.30. The highest BCUT2D eigenvalue weighted by Crippen LogP contribution is 2.29. The molecule has 1 N–H and O–H groups in total. The average molecular weight is 272 g/mol. The molecule has 6 heteroatoms. The molecule has 1 aliphatic rings. The number of alkyl halides is 3. The fourth-order valence-corrected chi connectivity index (χ4v) is 2.14. The summed E-state index contributed by atoms with van der Waals surface area (Å²) in [4.78, 5) is 13.7. The first kappa shape index (κ1) is 13.9. The molecule has 3 nitrogen and oxygen atoms in total. The fraction of sp³-hybridized carbons (Fsp3) is 0.462. The van der Waals surface area contributed by atoms with Gasteiger partial charge in [-0.15, -0.1) is 0 Å². The smallest absolute Gasteiger partial charge is 0.337 e. The predicted molar refractivity (Wildman–Crippen MR) is 64.8 cm³/mol. The van der Waals surface area contributed by atoms with Gasteiger partial charge in [0.2, 0.25) is 0 Å². The monoisotopic (exact) mass is 272 g/mol. The number of hydrogen-bond donors (Lipinski definition) is 1. The van der Waals surface area contributed by atoms with Gasteiger partial charge in [-0.05, 0) is 37.2 Å². The van der Waals surface area contributed by atoms with Gasteiger partial charge in [0.1, 0.15) is 0 Å². The van der Waals surface area contributed by atoms with Gasteiger partial charge in [-0.2, -0.15) is 13.2 Å². The second kappa shape index (κ2) is 5.21. The summed E-state index contributed by atoms with van der Waals surface area (Å²) >= 11 is 0. The van der Waals surface area contributed by atoms with Gasteiger partial charge >= 0.3 is 6.18 Å². The Bertz CT molecular complexity index is 450. The van der Waals surface area contributed by atoms with Gasteiger partial charge in [-0.25, -0.2) is 0 Å². The third-order valence-electron chi connectivity index (χ3n) is 3.36. The zero-order chi connectivity index (χ0) is 14.0. The van der Waals surface area contributed by atoms with E-state index in [1.54, 1.807) is 11.9 Å². The van der Waals surface area contributed by atoms with Crippen molar-refractivity contribution in [3.8, 4) is 0 Å². The molecule has 1 aromatic rings. The summed E-state index contributed by atoms with van der Waals surface area (Å²) in [6.07, 6.45) is -3.51. The maximum atomic E-state index is 12.4. The third kappa shape index (κ3) is 3.07. The quantitative estimate of drug-likeness (QED) is 0.894. The van der Waals surface area contributed by atoms with E-state index in [2.05, 4.69) is 5.32 Å². The van der Waals surface area contributed by atoms with Crippen molar-refractivity contribution in [2.45, 2.75) is 18.6 Å². The van der Waals surface area contributed by atoms with Crippen LogP contribution in [0, 0.1) is 0 Å². The minimum absolute atomic E-state index is 0.106. The van der Waals surface area contributed by atoms with Crippen molar-refractivity contribution in [1.82, 2.24) is 10.2 Å². The van der Waals surface area contributed by atoms with E-state index in [-0.39, 0.29) is 17.5 Å². The second-order valence-electron chi connectivity index (χ2n) is 4.64. The van der Waals surface area contributed by atoms with Gasteiger partial charge in [-0.3, -0.25) is 4.79 Å². The standard InChI is InChI=1S/C13H15F3N2O/c1-18(11-6-7-17-8-11)12(19)9-2-4-10(5-3-9)13(14,15)16/h2-5,11,17H,6-8H2,1H3. The molecule has 1 amide bonds. The average Bonchev–Trinajstić information content (AvgIpc) is 2.90. The lowest BCUT2D eigenvalue weighted by atomic mass is 10.1. The number of rotatable bonds is 2. The lowest BCUT2D eigenvalue weighted by Gasteiger charge is -2.23. The van der Waals surface area contributed by atoms with Crippen LogP contribution in [0.4, 0.5) is 13.2 Å². The molecule has 1 fully saturated rings. The highest BCUT2D eigenvalue weighted by molar-refractivity contribution is 5.94. The van der Waals surface area contributed by atoms with Crippen LogP contribution in [0.3, 0.4) is 0 Å². The van der Waals surface area contributed by atoms with Crippen molar-refractivity contribution in [1.29, 1.82) is 0 Å². The van der Waals surface area contributed by atoms with Crippen LogP contribution in [0.15, 0.2) is 24.3 Å². The van der Waals surface area contributed by atoms with Crippen LogP contribution in [0.5, 0.6) is 0 Å². The Labute approximate surface area is 109 Å². The number of carbonyl (C=O) groups is 1. The number of likely N-dealkylation sites (N-methyl/N-ethyl adjacent to an activating group) is 1. The Balaban J connectivity index is 2.11. The van der Waals surface area contributed by atoms with Crippen LogP contribution < -0.4 is 5.32 Å². The number of benzene rings is 1. The lowest BCUT2D eigenvalue weighted by molar-refractivity contribution is -0.137. The van der Waals surface area contributed by atoms with Crippen molar-refractivity contribution in [3.63, 3.8) is 0 Å². The second-order valence-corrected chi connectivity index (χ2v) is 4.64. The van der Waals surface area contributed by atoms with E-state index >= 15 is 0 Å². The lowest BCUT2D eigenvalue weighted by Crippen LogP contribution is -2.38. The normalized spacial score (nSPS) is 19.5. The summed E-state index contributed by atoms with van der Waals surface area (Å²) in [5, 5.41) is 3.15. The molecule has 1 aromatic carbocycles. The maximum Gasteiger partial charge on any atom is 0.416 e. The van der Waals surface area contributed by atoms with E-state index in [9.17, 15) is 18.0 Å². The van der Waals surface area contributed by atoms with Crippen LogP contribution >= 0.6 is 0 Å². The van der Waals surface area contributed by atoms with Crippen LogP contribution in [-0.2, 0) is 6.18 Å². The SMILES string of the molecule is CN(C(=O)c1ccc(C(F)(F)F)cc1)C1CCNC1. The molecular formula is C13H15F3N2O. The molecular weight excluding hydrogens is 257 g/mol. The molecule has 0 saturated carbocycles. The van der Waals surface area contributed by atoms with Gasteiger partial charge in [0.05, 0.1) is 5.56 Å². The van der Waals surface area contributed by atoms with Gasteiger partial charge < -0.3 is 10.2 Å². The maximum absolute atomic E-state index is 12.4. The van der Waals surface area contributed by atoms with E-state index in [1.807, 2.05) is 0 Å². The van der Waals surface area contributed by atoms with Crippen molar-refractivity contribution >= 4 is 5.91 Å². The Morgan fingerprint density at radius 1 is 1.32 bits per heavy atom. The number of nitrogens with zero attached hydrogens (tertiary/aromatic N) is 1. The molecule has 1 saturated heterocycles. The molecule has 0 spiro atoms. The Morgan fingerprint density at radius 2 is 1.95 bits per heavy atom. The molecule has 1 heterocycles. The molecule has 1 unspecified atom stereocenters. The summed E-state index contributed by atoms with van der Waals surface area (Å²) in [7, 11) is 1.68. The van der Waals surface area contributed by atoms with E-state index < -0.39 is 11.7 Å². The van der Waals surface area contributed by atoms with Gasteiger partial charge in [0, 0.05) is 25.2 Å². The fourth-order valence-electron chi connectivity index (χ4n) is 2.14. The van der Waals surface area contributed by atoms with Crippen LogP contribution in [-0.4, -0.2) is 37.0 Å². The molecule has 0 aliphatic carbocycles. The Morgan fingerprint density at radius 3 is 2.42 bits per heavy atom. The number of halogens is 3. The molecule has 1 atom stereocenters. The molecule has 0 radical (unpaired) electrons. The zero-order valence-corrected chi connectivity index (χ0v) is 10.5. The van der Waals surface area contributed by atoms with Crippen LogP contribution in [0.2, 0.25) is 0 Å². The summed E-state index contributed by atoms with van der Waals surface area (Å²) in [6.45, 7) is 1.58. The van der Waals surface area contributed by atoms with Gasteiger partial charge in [0.15, 0.2) is 0 Å². The van der Waals surface area contributed by atoms with E-state index in [0.29, 0.717) is 0 Å². The van der Waals surface area contributed by atoms with Gasteiger partial charge in [0.25, 0.3) is 5.91 Å². The first-order valence-corrected chi connectivity index (χ1v) is 6.05. The minimum Gasteiger partial charge on any atom is -0.337 e. The summed E-state index contributed by atoms with van der Waals surface area (Å²) in [6, 6.07) is 4.44. The first-order valence-electron chi connectivity index (χ1n) is 6.05. The molecule has 1 aliphatic heterocycles. The molecule has 19 heavy (non-hydrogen) atoms. The molecule has 104 valence electrons. The minimum atomic E-state index is -4.37. The highest BCUT2D eigenvalue weighted by atomic mass is 19.4. The number of amides is 1. The Kier molecular flexibility index (Phi) is 3.80. The third-order valence-corrected chi connectivity index (χ3v) is 3.36. The molecule has 0 bridgehead atoms. The Hall–Kier alpha value is -1.56. The van der Waals surface area contributed by atoms with Crippen LogP contribution in [0.1, 0.15) is 22.3 Å². The molecule has 0 aromatic heterocycles. The molecule has 2 rings (SSSR count). The van der Waals surface area contributed by atoms with E-state index in [1.165, 1.54) is 12.1 Å². The van der Waals surface area contributed by atoms with Crippen molar-refractivity contribution in [3.05, 3.63) is 35.4 Å². The van der Waals surface area contributed by atoms with Crippen molar-refractivity contribution in [2.24, 2.45) is 0 Å². The van der Waals surface area contributed by atoms with Crippen molar-refractivity contribution in [2.75, 3.05) is 20.1 Å². The van der Waals surface area contributed by atoms with E-state index in [4.69, 9.17) is 0 Å². The number of hydrogen-bond acceptors (Lipinski definition) is 2. The zero-order valence-electron chi connectivity index (χ0n) is 10.5. The first-order chi connectivity index (χ1) is 8.89.